The Morgan fingerprint density at radius 1 is 1.25 bits per heavy atom. The summed E-state index contributed by atoms with van der Waals surface area (Å²) in [5, 5.41) is 9.20. The van der Waals surface area contributed by atoms with Crippen LogP contribution in [0, 0.1) is 11.7 Å². The van der Waals surface area contributed by atoms with Crippen molar-refractivity contribution in [2.24, 2.45) is 5.92 Å². The molecule has 20 heavy (non-hydrogen) atoms. The van der Waals surface area contributed by atoms with E-state index in [1.807, 2.05) is 4.90 Å². The van der Waals surface area contributed by atoms with Crippen LogP contribution in [0.3, 0.4) is 0 Å². The number of aromatic carboxylic acids is 1. The summed E-state index contributed by atoms with van der Waals surface area (Å²) in [5.74, 6) is -0.694. The van der Waals surface area contributed by atoms with Crippen molar-refractivity contribution in [3.8, 4) is 0 Å². The first-order valence-electron chi connectivity index (χ1n) is 7.13. The topological polar surface area (TPSA) is 43.8 Å². The summed E-state index contributed by atoms with van der Waals surface area (Å²) < 4.78 is 13.2. The highest BCUT2D eigenvalue weighted by Gasteiger charge is 2.27. The minimum Gasteiger partial charge on any atom is -0.478 e. The lowest BCUT2D eigenvalue weighted by Crippen LogP contribution is -2.47. The van der Waals surface area contributed by atoms with Crippen LogP contribution in [0.15, 0.2) is 18.2 Å². The summed E-state index contributed by atoms with van der Waals surface area (Å²) in [6.45, 7) is 4.68. The first kappa shape index (κ1) is 13.4. The Balaban J connectivity index is 1.69. The lowest BCUT2D eigenvalue weighted by atomic mass is 10.1. The molecule has 0 unspecified atom stereocenters. The number of benzene rings is 1. The average molecular weight is 278 g/mol. The molecule has 108 valence electrons. The van der Waals surface area contributed by atoms with Gasteiger partial charge in [-0.1, -0.05) is 0 Å². The second-order valence-electron chi connectivity index (χ2n) is 5.70. The highest BCUT2D eigenvalue weighted by Crippen LogP contribution is 2.30. The molecule has 1 aliphatic heterocycles. The number of rotatable bonds is 4. The van der Waals surface area contributed by atoms with Crippen LogP contribution < -0.4 is 4.90 Å². The molecule has 5 heteroatoms. The maximum Gasteiger partial charge on any atom is 0.337 e. The molecule has 0 atom stereocenters. The Hall–Kier alpha value is -1.62. The third-order valence-corrected chi connectivity index (χ3v) is 4.12. The van der Waals surface area contributed by atoms with Crippen LogP contribution in [0.1, 0.15) is 23.2 Å². The number of nitrogens with zero attached hydrogens (tertiary/aromatic N) is 2. The van der Waals surface area contributed by atoms with Gasteiger partial charge >= 0.3 is 5.97 Å². The van der Waals surface area contributed by atoms with E-state index in [-0.39, 0.29) is 5.56 Å². The highest BCUT2D eigenvalue weighted by atomic mass is 19.1. The number of hydrogen-bond acceptors (Lipinski definition) is 3. The summed E-state index contributed by atoms with van der Waals surface area (Å²) in [4.78, 5) is 15.7. The zero-order chi connectivity index (χ0) is 14.1. The third kappa shape index (κ3) is 2.93. The number of carboxylic acids is 1. The molecule has 4 nitrogen and oxygen atoms in total. The predicted molar refractivity (Wildman–Crippen MR) is 74.7 cm³/mol. The minimum absolute atomic E-state index is 0.0562. The van der Waals surface area contributed by atoms with Crippen LogP contribution in [-0.2, 0) is 0 Å². The molecule has 1 saturated heterocycles. The van der Waals surface area contributed by atoms with Crippen molar-refractivity contribution in [1.29, 1.82) is 0 Å². The van der Waals surface area contributed by atoms with E-state index in [1.54, 1.807) is 6.07 Å². The van der Waals surface area contributed by atoms with Gasteiger partial charge in [0, 0.05) is 32.7 Å². The molecule has 2 aliphatic rings. The van der Waals surface area contributed by atoms with Crippen molar-refractivity contribution < 1.29 is 14.3 Å². The Morgan fingerprint density at radius 2 is 1.95 bits per heavy atom. The van der Waals surface area contributed by atoms with Crippen molar-refractivity contribution in [3.63, 3.8) is 0 Å². The molecule has 0 radical (unpaired) electrons. The zero-order valence-electron chi connectivity index (χ0n) is 11.4. The average Bonchev–Trinajstić information content (AvgIpc) is 3.24. The molecule has 0 amide bonds. The molecule has 1 N–H and O–H groups in total. The van der Waals surface area contributed by atoms with Gasteiger partial charge in [-0.2, -0.15) is 0 Å². The number of carbonyl (C=O) groups is 1. The molecule has 2 fully saturated rings. The van der Waals surface area contributed by atoms with Crippen molar-refractivity contribution in [2.75, 3.05) is 37.6 Å². The van der Waals surface area contributed by atoms with Gasteiger partial charge in [0.2, 0.25) is 0 Å². The smallest absolute Gasteiger partial charge is 0.337 e. The molecule has 1 heterocycles. The van der Waals surface area contributed by atoms with E-state index in [4.69, 9.17) is 0 Å². The van der Waals surface area contributed by atoms with E-state index < -0.39 is 11.8 Å². The minimum atomic E-state index is -1.07. The second kappa shape index (κ2) is 5.40. The highest BCUT2D eigenvalue weighted by molar-refractivity contribution is 5.94. The van der Waals surface area contributed by atoms with Crippen LogP contribution >= 0.6 is 0 Å². The Labute approximate surface area is 117 Å². The third-order valence-electron chi connectivity index (χ3n) is 4.12. The van der Waals surface area contributed by atoms with Gasteiger partial charge in [0.15, 0.2) is 0 Å². The molecule has 1 aromatic carbocycles. The number of carboxylic acid groups (broad SMARTS) is 1. The summed E-state index contributed by atoms with van der Waals surface area (Å²) in [7, 11) is 0. The quantitative estimate of drug-likeness (QED) is 0.915. The van der Waals surface area contributed by atoms with Gasteiger partial charge < -0.3 is 10.0 Å². The number of anilines is 1. The molecule has 1 aromatic rings. The molecular formula is C15H19FN2O2. The van der Waals surface area contributed by atoms with Gasteiger partial charge in [-0.05, 0) is 37.0 Å². The van der Waals surface area contributed by atoms with E-state index in [0.717, 1.165) is 38.2 Å². The fourth-order valence-electron chi connectivity index (χ4n) is 2.79. The lowest BCUT2D eigenvalue weighted by molar-refractivity contribution is 0.0697. The molecule has 0 bridgehead atoms. The van der Waals surface area contributed by atoms with Gasteiger partial charge in [-0.3, -0.25) is 4.90 Å². The Morgan fingerprint density at radius 3 is 2.55 bits per heavy atom. The summed E-state index contributed by atoms with van der Waals surface area (Å²) in [6.07, 6.45) is 2.70. The fraction of sp³-hybridized carbons (Fsp3) is 0.533. The summed E-state index contributed by atoms with van der Waals surface area (Å²) >= 11 is 0. The molecule has 1 aliphatic carbocycles. The molecular weight excluding hydrogens is 259 g/mol. The molecule has 1 saturated carbocycles. The number of piperazine rings is 1. The SMILES string of the molecule is O=C(O)c1cc(F)ccc1N1CCN(CC2CC2)CC1. The van der Waals surface area contributed by atoms with Crippen LogP contribution in [0.4, 0.5) is 10.1 Å². The normalized spacial score (nSPS) is 20.1. The van der Waals surface area contributed by atoms with Crippen LogP contribution in [0.5, 0.6) is 0 Å². The van der Waals surface area contributed by atoms with Crippen molar-refractivity contribution >= 4 is 11.7 Å². The fourth-order valence-corrected chi connectivity index (χ4v) is 2.79. The summed E-state index contributed by atoms with van der Waals surface area (Å²) in [5.41, 5.74) is 0.686. The van der Waals surface area contributed by atoms with E-state index in [2.05, 4.69) is 4.90 Å². The van der Waals surface area contributed by atoms with Crippen LogP contribution in [-0.4, -0.2) is 48.7 Å². The van der Waals surface area contributed by atoms with Crippen molar-refractivity contribution in [1.82, 2.24) is 4.90 Å². The molecule has 0 spiro atoms. The Bertz CT molecular complexity index is 509. The van der Waals surface area contributed by atoms with Crippen LogP contribution in [0.2, 0.25) is 0 Å². The Kier molecular flexibility index (Phi) is 3.61. The number of halogens is 1. The first-order valence-corrected chi connectivity index (χ1v) is 7.13. The van der Waals surface area contributed by atoms with E-state index in [9.17, 15) is 14.3 Å². The first-order chi connectivity index (χ1) is 9.63. The largest absolute Gasteiger partial charge is 0.478 e. The van der Waals surface area contributed by atoms with Crippen LogP contribution in [0.25, 0.3) is 0 Å². The van der Waals surface area contributed by atoms with Gasteiger partial charge in [0.1, 0.15) is 5.82 Å². The number of hydrogen-bond donors (Lipinski definition) is 1. The van der Waals surface area contributed by atoms with E-state index in [1.165, 1.54) is 25.5 Å². The van der Waals surface area contributed by atoms with Crippen molar-refractivity contribution in [3.05, 3.63) is 29.6 Å². The molecule has 3 rings (SSSR count). The predicted octanol–water partition coefficient (Wildman–Crippen LogP) is 2.06. The van der Waals surface area contributed by atoms with Gasteiger partial charge in [0.05, 0.1) is 11.3 Å². The molecule has 0 aromatic heterocycles. The van der Waals surface area contributed by atoms with Gasteiger partial charge in [-0.15, -0.1) is 0 Å². The second-order valence-corrected chi connectivity index (χ2v) is 5.70. The van der Waals surface area contributed by atoms with E-state index in [0.29, 0.717) is 5.69 Å². The maximum atomic E-state index is 13.2. The van der Waals surface area contributed by atoms with Gasteiger partial charge in [0.25, 0.3) is 0 Å². The van der Waals surface area contributed by atoms with Gasteiger partial charge in [-0.25, -0.2) is 9.18 Å². The standard InChI is InChI=1S/C15H19FN2O2/c16-12-3-4-14(13(9-12)15(19)20)18-7-5-17(6-8-18)10-11-1-2-11/h3-4,9,11H,1-2,5-8,10H2,(H,19,20). The van der Waals surface area contributed by atoms with E-state index >= 15 is 0 Å². The summed E-state index contributed by atoms with van der Waals surface area (Å²) in [6, 6.07) is 4.02. The lowest BCUT2D eigenvalue weighted by Gasteiger charge is -2.36. The monoisotopic (exact) mass is 278 g/mol. The van der Waals surface area contributed by atoms with Crippen molar-refractivity contribution in [2.45, 2.75) is 12.8 Å². The zero-order valence-corrected chi connectivity index (χ0v) is 11.4. The maximum absolute atomic E-state index is 13.2.